The maximum Gasteiger partial charge on any atom is 0.258 e. The van der Waals surface area contributed by atoms with Crippen LogP contribution in [0.4, 0.5) is 5.69 Å². The summed E-state index contributed by atoms with van der Waals surface area (Å²) in [6, 6.07) is 11.9. The topological polar surface area (TPSA) is 38.8 Å². The standard InChI is InChI=1S/C22H24INO3/c1-4-11-24-19-10-8-7-9-16(19)17(22(24)25)12-15-13-18(23)21(27-6-3)20(14-15)26-5-2/h7-10,12-14H,4-6,11H2,1-3H3/b17-12-. The number of para-hydroxylation sites is 1. The van der Waals surface area contributed by atoms with Crippen molar-refractivity contribution in [1.82, 2.24) is 0 Å². The zero-order valence-electron chi connectivity index (χ0n) is 15.9. The van der Waals surface area contributed by atoms with E-state index in [-0.39, 0.29) is 5.91 Å². The number of carbonyl (C=O) groups excluding carboxylic acids is 1. The molecule has 0 aromatic heterocycles. The molecule has 0 aliphatic carbocycles. The van der Waals surface area contributed by atoms with Gasteiger partial charge in [-0.1, -0.05) is 25.1 Å². The minimum Gasteiger partial charge on any atom is -0.490 e. The van der Waals surface area contributed by atoms with Crippen LogP contribution < -0.4 is 14.4 Å². The van der Waals surface area contributed by atoms with Crippen LogP contribution in [-0.2, 0) is 4.79 Å². The molecule has 142 valence electrons. The molecule has 0 bridgehead atoms. The van der Waals surface area contributed by atoms with Crippen LogP contribution in [0.3, 0.4) is 0 Å². The molecule has 0 radical (unpaired) electrons. The number of fused-ring (bicyclic) bond motifs is 1. The SMILES string of the molecule is CCCN1C(=O)/C(=C\c2cc(I)c(OCC)c(OCC)c2)c2ccccc21. The lowest BCUT2D eigenvalue weighted by molar-refractivity contribution is -0.113. The van der Waals surface area contributed by atoms with E-state index in [2.05, 4.69) is 29.5 Å². The Balaban J connectivity index is 2.07. The van der Waals surface area contributed by atoms with E-state index < -0.39 is 0 Å². The third-order valence-electron chi connectivity index (χ3n) is 4.34. The van der Waals surface area contributed by atoms with E-state index in [1.807, 2.05) is 61.2 Å². The van der Waals surface area contributed by atoms with E-state index in [9.17, 15) is 4.79 Å². The maximum absolute atomic E-state index is 13.0. The van der Waals surface area contributed by atoms with Gasteiger partial charge in [-0.2, -0.15) is 0 Å². The van der Waals surface area contributed by atoms with Crippen LogP contribution in [0.1, 0.15) is 38.3 Å². The van der Waals surface area contributed by atoms with Gasteiger partial charge < -0.3 is 14.4 Å². The van der Waals surface area contributed by atoms with E-state index in [1.54, 1.807) is 0 Å². The average molecular weight is 477 g/mol. The Labute approximate surface area is 174 Å². The largest absolute Gasteiger partial charge is 0.490 e. The van der Waals surface area contributed by atoms with Crippen molar-refractivity contribution < 1.29 is 14.3 Å². The number of carbonyl (C=O) groups is 1. The summed E-state index contributed by atoms with van der Waals surface area (Å²) in [5.74, 6) is 1.52. The van der Waals surface area contributed by atoms with Gasteiger partial charge in [-0.05, 0) is 72.7 Å². The molecule has 0 saturated heterocycles. The minimum atomic E-state index is 0.0555. The van der Waals surface area contributed by atoms with E-state index in [0.717, 1.165) is 44.7 Å². The number of anilines is 1. The van der Waals surface area contributed by atoms with Crippen LogP contribution in [0, 0.1) is 3.57 Å². The highest BCUT2D eigenvalue weighted by Crippen LogP contribution is 2.39. The highest BCUT2D eigenvalue weighted by Gasteiger charge is 2.31. The number of ether oxygens (including phenoxy) is 2. The summed E-state index contributed by atoms with van der Waals surface area (Å²) >= 11 is 2.25. The first-order valence-corrected chi connectivity index (χ1v) is 10.4. The molecular formula is C22H24INO3. The van der Waals surface area contributed by atoms with Gasteiger partial charge in [0, 0.05) is 17.7 Å². The smallest absolute Gasteiger partial charge is 0.258 e. The molecule has 0 saturated carbocycles. The van der Waals surface area contributed by atoms with Gasteiger partial charge in [0.1, 0.15) is 0 Å². The highest BCUT2D eigenvalue weighted by atomic mass is 127. The monoisotopic (exact) mass is 477 g/mol. The molecule has 1 heterocycles. The molecule has 27 heavy (non-hydrogen) atoms. The van der Waals surface area contributed by atoms with E-state index in [1.165, 1.54) is 0 Å². The molecular weight excluding hydrogens is 453 g/mol. The highest BCUT2D eigenvalue weighted by molar-refractivity contribution is 14.1. The predicted molar refractivity (Wildman–Crippen MR) is 118 cm³/mol. The van der Waals surface area contributed by atoms with Crippen molar-refractivity contribution in [3.05, 3.63) is 51.1 Å². The van der Waals surface area contributed by atoms with Crippen LogP contribution >= 0.6 is 22.6 Å². The van der Waals surface area contributed by atoms with E-state index in [4.69, 9.17) is 9.47 Å². The first-order chi connectivity index (χ1) is 13.1. The Morgan fingerprint density at radius 3 is 2.52 bits per heavy atom. The maximum atomic E-state index is 13.0. The molecule has 0 spiro atoms. The van der Waals surface area contributed by atoms with Gasteiger partial charge in [-0.15, -0.1) is 0 Å². The molecule has 1 aliphatic rings. The Morgan fingerprint density at radius 2 is 1.81 bits per heavy atom. The Kier molecular flexibility index (Phi) is 6.42. The van der Waals surface area contributed by atoms with Gasteiger partial charge in [-0.25, -0.2) is 0 Å². The van der Waals surface area contributed by atoms with E-state index in [0.29, 0.717) is 19.0 Å². The minimum absolute atomic E-state index is 0.0555. The third kappa shape index (κ3) is 3.98. The Hall–Kier alpha value is -2.02. The van der Waals surface area contributed by atoms with Crippen molar-refractivity contribution in [2.24, 2.45) is 0 Å². The second-order valence-corrected chi connectivity index (χ2v) is 7.39. The van der Waals surface area contributed by atoms with Crippen molar-refractivity contribution in [3.63, 3.8) is 0 Å². The summed E-state index contributed by atoms with van der Waals surface area (Å²) < 4.78 is 12.5. The lowest BCUT2D eigenvalue weighted by Crippen LogP contribution is -2.26. The molecule has 5 heteroatoms. The molecule has 3 rings (SSSR count). The zero-order chi connectivity index (χ0) is 19.4. The lowest BCUT2D eigenvalue weighted by atomic mass is 10.0. The van der Waals surface area contributed by atoms with Crippen molar-refractivity contribution in [1.29, 1.82) is 0 Å². The Bertz CT molecular complexity index is 876. The molecule has 2 aromatic carbocycles. The average Bonchev–Trinajstić information content (AvgIpc) is 2.91. The molecule has 0 N–H and O–H groups in total. The number of nitrogens with zero attached hydrogens (tertiary/aromatic N) is 1. The van der Waals surface area contributed by atoms with Gasteiger partial charge in [0.15, 0.2) is 11.5 Å². The van der Waals surface area contributed by atoms with Crippen LogP contribution in [0.15, 0.2) is 36.4 Å². The van der Waals surface area contributed by atoms with Gasteiger partial charge in [0.25, 0.3) is 5.91 Å². The number of benzene rings is 2. The summed E-state index contributed by atoms with van der Waals surface area (Å²) in [5.41, 5.74) is 3.63. The summed E-state index contributed by atoms with van der Waals surface area (Å²) in [7, 11) is 0. The lowest BCUT2D eigenvalue weighted by Gasteiger charge is -2.15. The van der Waals surface area contributed by atoms with Crippen LogP contribution in [0.2, 0.25) is 0 Å². The first kappa shape index (κ1) is 19.7. The molecule has 0 atom stereocenters. The molecule has 1 amide bonds. The molecule has 0 unspecified atom stereocenters. The van der Waals surface area contributed by atoms with Gasteiger partial charge >= 0.3 is 0 Å². The fourth-order valence-electron chi connectivity index (χ4n) is 3.28. The van der Waals surface area contributed by atoms with E-state index >= 15 is 0 Å². The number of halogens is 1. The van der Waals surface area contributed by atoms with Crippen molar-refractivity contribution in [2.45, 2.75) is 27.2 Å². The van der Waals surface area contributed by atoms with Crippen LogP contribution in [0.25, 0.3) is 11.6 Å². The summed E-state index contributed by atoms with van der Waals surface area (Å²) in [6.07, 6.45) is 2.88. The van der Waals surface area contributed by atoms with Crippen LogP contribution in [0.5, 0.6) is 11.5 Å². The number of hydrogen-bond acceptors (Lipinski definition) is 3. The van der Waals surface area contributed by atoms with Gasteiger partial charge in [0.2, 0.25) is 0 Å². The van der Waals surface area contributed by atoms with Crippen molar-refractivity contribution >= 4 is 45.8 Å². The summed E-state index contributed by atoms with van der Waals surface area (Å²) in [5, 5.41) is 0. The summed E-state index contributed by atoms with van der Waals surface area (Å²) in [4.78, 5) is 14.9. The summed E-state index contributed by atoms with van der Waals surface area (Å²) in [6.45, 7) is 7.85. The first-order valence-electron chi connectivity index (χ1n) is 9.32. The second kappa shape index (κ2) is 8.78. The quantitative estimate of drug-likeness (QED) is 0.397. The van der Waals surface area contributed by atoms with Gasteiger partial charge in [0.05, 0.1) is 22.5 Å². The number of rotatable bonds is 7. The predicted octanol–water partition coefficient (Wildman–Crippen LogP) is 5.39. The number of hydrogen-bond donors (Lipinski definition) is 0. The fourth-order valence-corrected chi connectivity index (χ4v) is 4.06. The van der Waals surface area contributed by atoms with Crippen LogP contribution in [-0.4, -0.2) is 25.7 Å². The second-order valence-electron chi connectivity index (χ2n) is 6.23. The Morgan fingerprint density at radius 1 is 1.07 bits per heavy atom. The zero-order valence-corrected chi connectivity index (χ0v) is 18.1. The molecule has 4 nitrogen and oxygen atoms in total. The fraction of sp³-hybridized carbons (Fsp3) is 0.318. The molecule has 0 fully saturated rings. The van der Waals surface area contributed by atoms with Gasteiger partial charge in [-0.3, -0.25) is 4.79 Å². The molecule has 2 aromatic rings. The van der Waals surface area contributed by atoms with Crippen molar-refractivity contribution in [2.75, 3.05) is 24.7 Å². The van der Waals surface area contributed by atoms with Crippen molar-refractivity contribution in [3.8, 4) is 11.5 Å². The third-order valence-corrected chi connectivity index (χ3v) is 5.14. The molecule has 1 aliphatic heterocycles. The number of amides is 1. The normalized spacial score (nSPS) is 14.6.